The average Bonchev–Trinajstić information content (AvgIpc) is 2.96. The molecule has 1 fully saturated rings. The van der Waals surface area contributed by atoms with E-state index in [2.05, 4.69) is 53.4 Å². The van der Waals surface area contributed by atoms with Crippen LogP contribution < -0.4 is 5.32 Å². The number of anilines is 1. The summed E-state index contributed by atoms with van der Waals surface area (Å²) in [5, 5.41) is 3.72. The normalized spacial score (nSPS) is 21.6. The zero-order valence-electron chi connectivity index (χ0n) is 12.3. The Morgan fingerprint density at radius 3 is 2.65 bits per heavy atom. The maximum Gasteiger partial charge on any atom is 0.0924 e. The first-order valence-corrected chi connectivity index (χ1v) is 7.50. The minimum atomic E-state index is 0.389. The van der Waals surface area contributed by atoms with Crippen molar-refractivity contribution in [2.45, 2.75) is 45.6 Å². The minimum Gasteiger partial charge on any atom is -0.382 e. The van der Waals surface area contributed by atoms with E-state index in [1.54, 1.807) is 6.33 Å². The Morgan fingerprint density at radius 2 is 2.00 bits per heavy atom. The SMILES string of the molecule is CC1(C)CCCCC1Nc1ccc(-c2cnc[nH]2)cc1. The van der Waals surface area contributed by atoms with Crippen LogP contribution in [0.2, 0.25) is 0 Å². The van der Waals surface area contributed by atoms with Crippen LogP contribution in [0.4, 0.5) is 5.69 Å². The second-order valence-corrected chi connectivity index (χ2v) is 6.47. The molecule has 1 heterocycles. The van der Waals surface area contributed by atoms with Crippen LogP contribution in [0.25, 0.3) is 11.3 Å². The van der Waals surface area contributed by atoms with Crippen molar-refractivity contribution in [1.82, 2.24) is 9.97 Å². The molecule has 2 N–H and O–H groups in total. The summed E-state index contributed by atoms with van der Waals surface area (Å²) in [5.41, 5.74) is 3.85. The lowest BCUT2D eigenvalue weighted by atomic mass is 9.73. The van der Waals surface area contributed by atoms with Gasteiger partial charge in [0.05, 0.1) is 18.2 Å². The topological polar surface area (TPSA) is 40.7 Å². The largest absolute Gasteiger partial charge is 0.382 e. The second-order valence-electron chi connectivity index (χ2n) is 6.47. The summed E-state index contributed by atoms with van der Waals surface area (Å²) in [6.07, 6.45) is 8.86. The smallest absolute Gasteiger partial charge is 0.0924 e. The molecule has 106 valence electrons. The molecule has 2 aromatic rings. The van der Waals surface area contributed by atoms with Gasteiger partial charge in [0.2, 0.25) is 0 Å². The van der Waals surface area contributed by atoms with Gasteiger partial charge in [0.1, 0.15) is 0 Å². The fourth-order valence-corrected chi connectivity index (χ4v) is 3.12. The Morgan fingerprint density at radius 1 is 1.20 bits per heavy atom. The van der Waals surface area contributed by atoms with E-state index in [4.69, 9.17) is 0 Å². The Hall–Kier alpha value is -1.77. The predicted octanol–water partition coefficient (Wildman–Crippen LogP) is 4.46. The average molecular weight is 269 g/mol. The van der Waals surface area contributed by atoms with Gasteiger partial charge in [0.15, 0.2) is 0 Å². The summed E-state index contributed by atoms with van der Waals surface area (Å²) in [7, 11) is 0. The van der Waals surface area contributed by atoms with Gasteiger partial charge in [-0.15, -0.1) is 0 Å². The highest BCUT2D eigenvalue weighted by Crippen LogP contribution is 2.37. The van der Waals surface area contributed by atoms with Gasteiger partial charge in [-0.25, -0.2) is 4.98 Å². The van der Waals surface area contributed by atoms with Crippen molar-refractivity contribution in [3.8, 4) is 11.3 Å². The Bertz CT molecular complexity index is 540. The van der Waals surface area contributed by atoms with Gasteiger partial charge in [0, 0.05) is 11.7 Å². The lowest BCUT2D eigenvalue weighted by Crippen LogP contribution is -2.38. The van der Waals surface area contributed by atoms with Crippen LogP contribution in [0.1, 0.15) is 39.5 Å². The minimum absolute atomic E-state index is 0.389. The zero-order chi connectivity index (χ0) is 14.0. The summed E-state index contributed by atoms with van der Waals surface area (Å²) in [6.45, 7) is 4.76. The van der Waals surface area contributed by atoms with E-state index in [0.29, 0.717) is 11.5 Å². The molecule has 0 amide bonds. The van der Waals surface area contributed by atoms with Crippen molar-refractivity contribution in [3.05, 3.63) is 36.8 Å². The van der Waals surface area contributed by atoms with Gasteiger partial charge in [-0.05, 0) is 36.0 Å². The molecule has 1 aliphatic rings. The molecule has 0 radical (unpaired) electrons. The van der Waals surface area contributed by atoms with E-state index in [-0.39, 0.29) is 0 Å². The lowest BCUT2D eigenvalue weighted by molar-refractivity contribution is 0.217. The molecule has 0 bridgehead atoms. The number of nitrogens with zero attached hydrogens (tertiary/aromatic N) is 1. The summed E-state index contributed by atoms with van der Waals surface area (Å²) in [4.78, 5) is 7.20. The molecule has 1 aromatic heterocycles. The van der Waals surface area contributed by atoms with E-state index in [1.165, 1.54) is 36.9 Å². The first-order valence-electron chi connectivity index (χ1n) is 7.50. The maximum atomic E-state index is 4.06. The summed E-state index contributed by atoms with van der Waals surface area (Å²) in [6, 6.07) is 9.20. The van der Waals surface area contributed by atoms with Crippen LogP contribution in [0.15, 0.2) is 36.8 Å². The van der Waals surface area contributed by atoms with Crippen LogP contribution in [0, 0.1) is 5.41 Å². The van der Waals surface area contributed by atoms with Gasteiger partial charge in [-0.3, -0.25) is 0 Å². The fourth-order valence-electron chi connectivity index (χ4n) is 3.12. The van der Waals surface area contributed by atoms with E-state index in [1.807, 2.05) is 6.20 Å². The Labute approximate surface area is 120 Å². The highest BCUT2D eigenvalue weighted by atomic mass is 14.9. The van der Waals surface area contributed by atoms with Crippen LogP contribution in [-0.4, -0.2) is 16.0 Å². The molecule has 1 aromatic carbocycles. The number of nitrogens with one attached hydrogen (secondary N) is 2. The molecule has 0 saturated heterocycles. The number of rotatable bonds is 3. The molecule has 3 rings (SSSR count). The molecule has 20 heavy (non-hydrogen) atoms. The Kier molecular flexibility index (Phi) is 3.51. The summed E-state index contributed by atoms with van der Waals surface area (Å²) >= 11 is 0. The maximum absolute atomic E-state index is 4.06. The number of aromatic nitrogens is 2. The van der Waals surface area contributed by atoms with E-state index < -0.39 is 0 Å². The molecule has 0 spiro atoms. The first kappa shape index (κ1) is 13.2. The van der Waals surface area contributed by atoms with Gasteiger partial charge in [-0.2, -0.15) is 0 Å². The van der Waals surface area contributed by atoms with Gasteiger partial charge in [0.25, 0.3) is 0 Å². The number of H-pyrrole nitrogens is 1. The summed E-state index contributed by atoms with van der Waals surface area (Å²) in [5.74, 6) is 0. The number of hydrogen-bond donors (Lipinski definition) is 2. The molecule has 3 nitrogen and oxygen atoms in total. The van der Waals surface area contributed by atoms with E-state index in [9.17, 15) is 0 Å². The van der Waals surface area contributed by atoms with Crippen molar-refractivity contribution in [3.63, 3.8) is 0 Å². The third kappa shape index (κ3) is 2.72. The number of imidazole rings is 1. The number of benzene rings is 1. The van der Waals surface area contributed by atoms with Gasteiger partial charge < -0.3 is 10.3 Å². The van der Waals surface area contributed by atoms with Crippen LogP contribution >= 0.6 is 0 Å². The van der Waals surface area contributed by atoms with Crippen molar-refractivity contribution in [1.29, 1.82) is 0 Å². The van der Waals surface area contributed by atoms with Crippen LogP contribution in [0.3, 0.4) is 0 Å². The van der Waals surface area contributed by atoms with Crippen LogP contribution in [-0.2, 0) is 0 Å². The zero-order valence-corrected chi connectivity index (χ0v) is 12.3. The van der Waals surface area contributed by atoms with Crippen LogP contribution in [0.5, 0.6) is 0 Å². The monoisotopic (exact) mass is 269 g/mol. The van der Waals surface area contributed by atoms with E-state index in [0.717, 1.165) is 5.69 Å². The number of aromatic amines is 1. The Balaban J connectivity index is 1.72. The molecular formula is C17H23N3. The molecule has 0 aliphatic heterocycles. The second kappa shape index (κ2) is 5.31. The molecular weight excluding hydrogens is 246 g/mol. The van der Waals surface area contributed by atoms with Gasteiger partial charge >= 0.3 is 0 Å². The van der Waals surface area contributed by atoms with Crippen molar-refractivity contribution < 1.29 is 0 Å². The van der Waals surface area contributed by atoms with Crippen molar-refractivity contribution >= 4 is 5.69 Å². The highest BCUT2D eigenvalue weighted by Gasteiger charge is 2.31. The van der Waals surface area contributed by atoms with Gasteiger partial charge in [-0.1, -0.05) is 38.8 Å². The predicted molar refractivity (Wildman–Crippen MR) is 83.7 cm³/mol. The third-order valence-corrected chi connectivity index (χ3v) is 4.54. The highest BCUT2D eigenvalue weighted by molar-refractivity contribution is 5.62. The first-order chi connectivity index (χ1) is 9.65. The lowest BCUT2D eigenvalue weighted by Gasteiger charge is -2.39. The standard InChI is InChI=1S/C17H23N3/c1-17(2)10-4-3-5-16(17)20-14-8-6-13(7-9-14)15-11-18-12-19-15/h6-9,11-12,16,20H,3-5,10H2,1-2H3,(H,18,19). The van der Waals surface area contributed by atoms with E-state index >= 15 is 0 Å². The summed E-state index contributed by atoms with van der Waals surface area (Å²) < 4.78 is 0. The molecule has 1 atom stereocenters. The fraction of sp³-hybridized carbons (Fsp3) is 0.471. The quantitative estimate of drug-likeness (QED) is 0.863. The van der Waals surface area contributed by atoms with Crippen molar-refractivity contribution in [2.24, 2.45) is 5.41 Å². The molecule has 1 unspecified atom stereocenters. The molecule has 1 saturated carbocycles. The van der Waals surface area contributed by atoms with Crippen molar-refractivity contribution in [2.75, 3.05) is 5.32 Å². The molecule has 1 aliphatic carbocycles. The number of hydrogen-bond acceptors (Lipinski definition) is 2. The molecule has 3 heteroatoms. The third-order valence-electron chi connectivity index (χ3n) is 4.54.